The van der Waals surface area contributed by atoms with Gasteiger partial charge in [-0.3, -0.25) is 4.79 Å². The fourth-order valence-electron chi connectivity index (χ4n) is 2.83. The topological polar surface area (TPSA) is 77.3 Å². The van der Waals surface area contributed by atoms with Gasteiger partial charge in [-0.2, -0.15) is 0 Å². The van der Waals surface area contributed by atoms with Gasteiger partial charge in [0, 0.05) is 6.61 Å². The molecule has 1 amide bonds. The monoisotopic (exact) mass is 335 g/mol. The van der Waals surface area contributed by atoms with Crippen LogP contribution in [0.5, 0.6) is 0 Å². The van der Waals surface area contributed by atoms with Crippen molar-refractivity contribution in [2.24, 2.45) is 5.41 Å². The van der Waals surface area contributed by atoms with E-state index in [0.29, 0.717) is 23.3 Å². The van der Waals surface area contributed by atoms with Gasteiger partial charge in [-0.25, -0.2) is 0 Å². The predicted octanol–water partition coefficient (Wildman–Crippen LogP) is 2.98. The van der Waals surface area contributed by atoms with Crippen LogP contribution in [-0.4, -0.2) is 28.8 Å². The smallest absolute Gasteiger partial charge is 0.261 e. The zero-order valence-electron chi connectivity index (χ0n) is 13.5. The van der Waals surface area contributed by atoms with Gasteiger partial charge in [0.25, 0.3) is 5.91 Å². The highest BCUT2D eigenvalue weighted by molar-refractivity contribution is 7.12. The number of rotatable bonds is 4. The van der Waals surface area contributed by atoms with Crippen molar-refractivity contribution >= 4 is 17.2 Å². The molecule has 23 heavy (non-hydrogen) atoms. The number of nitrogens with zero attached hydrogens (tertiary/aromatic N) is 2. The van der Waals surface area contributed by atoms with Crippen LogP contribution < -0.4 is 5.32 Å². The van der Waals surface area contributed by atoms with Crippen molar-refractivity contribution in [3.8, 4) is 0 Å². The Hall–Kier alpha value is -1.73. The molecule has 0 radical (unpaired) electrons. The normalized spacial score (nSPS) is 21.5. The van der Waals surface area contributed by atoms with Crippen molar-refractivity contribution in [3.05, 3.63) is 34.2 Å². The van der Waals surface area contributed by atoms with Gasteiger partial charge in [0.1, 0.15) is 0 Å². The molecule has 0 aliphatic carbocycles. The number of hydrogen-bond donors (Lipinski definition) is 1. The van der Waals surface area contributed by atoms with E-state index < -0.39 is 0 Å². The first-order valence-corrected chi connectivity index (χ1v) is 8.58. The van der Waals surface area contributed by atoms with E-state index in [9.17, 15) is 4.79 Å². The fourth-order valence-corrected chi connectivity index (χ4v) is 3.47. The minimum Gasteiger partial charge on any atom is -0.423 e. The molecule has 0 bridgehead atoms. The van der Waals surface area contributed by atoms with Gasteiger partial charge in [-0.05, 0) is 23.3 Å². The number of ether oxygens (including phenoxy) is 1. The molecule has 1 N–H and O–H groups in total. The number of carbonyl (C=O) groups is 1. The lowest BCUT2D eigenvalue weighted by molar-refractivity contribution is 0.0170. The average molecular weight is 335 g/mol. The SMILES string of the molecule is CC(C)(C)[C@H]1OCC[C@@H]1c1nnc(CNC(=O)c2cccs2)o1. The molecule has 3 heterocycles. The molecular formula is C16H21N3O3S. The zero-order valence-corrected chi connectivity index (χ0v) is 14.4. The van der Waals surface area contributed by atoms with Gasteiger partial charge in [0.2, 0.25) is 11.8 Å². The summed E-state index contributed by atoms with van der Waals surface area (Å²) in [6.45, 7) is 7.38. The minimum atomic E-state index is -0.128. The molecule has 124 valence electrons. The highest BCUT2D eigenvalue weighted by Gasteiger charge is 2.41. The molecule has 1 aliphatic heterocycles. The maximum Gasteiger partial charge on any atom is 0.261 e. The van der Waals surface area contributed by atoms with Crippen molar-refractivity contribution in [2.75, 3.05) is 6.61 Å². The Labute approximate surface area is 139 Å². The molecule has 6 nitrogen and oxygen atoms in total. The van der Waals surface area contributed by atoms with E-state index in [-0.39, 0.29) is 29.9 Å². The van der Waals surface area contributed by atoms with Gasteiger partial charge in [0.15, 0.2) is 0 Å². The molecule has 0 saturated carbocycles. The molecule has 0 spiro atoms. The van der Waals surface area contributed by atoms with Gasteiger partial charge in [-0.1, -0.05) is 26.8 Å². The lowest BCUT2D eigenvalue weighted by Gasteiger charge is -2.29. The van der Waals surface area contributed by atoms with Crippen molar-refractivity contribution < 1.29 is 13.9 Å². The van der Waals surface area contributed by atoms with E-state index in [1.165, 1.54) is 11.3 Å². The minimum absolute atomic E-state index is 0.0171. The Bertz CT molecular complexity index is 660. The summed E-state index contributed by atoms with van der Waals surface area (Å²) in [4.78, 5) is 12.6. The van der Waals surface area contributed by atoms with Crippen molar-refractivity contribution in [2.45, 2.75) is 45.8 Å². The van der Waals surface area contributed by atoms with E-state index in [1.54, 1.807) is 6.07 Å². The molecule has 1 saturated heterocycles. The van der Waals surface area contributed by atoms with Gasteiger partial charge >= 0.3 is 0 Å². The fraction of sp³-hybridized carbons (Fsp3) is 0.562. The number of nitrogens with one attached hydrogen (secondary N) is 1. The summed E-state index contributed by atoms with van der Waals surface area (Å²) in [6, 6.07) is 3.63. The first-order chi connectivity index (χ1) is 10.9. The van der Waals surface area contributed by atoms with Crippen LogP contribution >= 0.6 is 11.3 Å². The Balaban J connectivity index is 1.63. The molecule has 3 rings (SSSR count). The molecule has 0 unspecified atom stereocenters. The summed E-state index contributed by atoms with van der Waals surface area (Å²) in [5, 5.41) is 12.9. The van der Waals surface area contributed by atoms with Crippen molar-refractivity contribution in [1.29, 1.82) is 0 Å². The van der Waals surface area contributed by atoms with Gasteiger partial charge in [-0.15, -0.1) is 21.5 Å². The standard InChI is InChI=1S/C16H21N3O3S/c1-16(2,3)13-10(6-7-21-13)15-19-18-12(22-15)9-17-14(20)11-5-4-8-23-11/h4-5,8,10,13H,6-7,9H2,1-3H3,(H,17,20)/t10-,13-/m0/s1. The van der Waals surface area contributed by atoms with Crippen LogP contribution in [0, 0.1) is 5.41 Å². The van der Waals surface area contributed by atoms with E-state index in [2.05, 4.69) is 36.3 Å². The summed E-state index contributed by atoms with van der Waals surface area (Å²) < 4.78 is 11.6. The molecular weight excluding hydrogens is 314 g/mol. The Morgan fingerprint density at radius 2 is 2.26 bits per heavy atom. The van der Waals surface area contributed by atoms with Crippen LogP contribution in [0.2, 0.25) is 0 Å². The summed E-state index contributed by atoms with van der Waals surface area (Å²) in [7, 11) is 0. The largest absolute Gasteiger partial charge is 0.423 e. The maximum atomic E-state index is 11.9. The molecule has 1 aliphatic rings. The second-order valence-corrected chi connectivity index (χ2v) is 7.69. The van der Waals surface area contributed by atoms with E-state index in [1.807, 2.05) is 11.4 Å². The van der Waals surface area contributed by atoms with Crippen LogP contribution in [0.4, 0.5) is 0 Å². The second-order valence-electron chi connectivity index (χ2n) is 6.75. The average Bonchev–Trinajstić information content (AvgIpc) is 3.22. The predicted molar refractivity (Wildman–Crippen MR) is 86.3 cm³/mol. The quantitative estimate of drug-likeness (QED) is 0.929. The Kier molecular flexibility index (Phi) is 4.50. The first kappa shape index (κ1) is 16.1. The Morgan fingerprint density at radius 1 is 1.43 bits per heavy atom. The summed E-state index contributed by atoms with van der Waals surface area (Å²) in [5.74, 6) is 1.01. The molecule has 2 atom stereocenters. The van der Waals surface area contributed by atoms with E-state index in [4.69, 9.17) is 9.15 Å². The lowest BCUT2D eigenvalue weighted by Crippen LogP contribution is -2.30. The number of carbonyl (C=O) groups excluding carboxylic acids is 1. The van der Waals surface area contributed by atoms with Crippen LogP contribution in [-0.2, 0) is 11.3 Å². The molecule has 2 aromatic rings. The van der Waals surface area contributed by atoms with Gasteiger partial charge < -0.3 is 14.5 Å². The van der Waals surface area contributed by atoms with E-state index in [0.717, 1.165) is 6.42 Å². The number of amides is 1. The number of thiophene rings is 1. The second kappa shape index (κ2) is 6.41. The highest BCUT2D eigenvalue weighted by Crippen LogP contribution is 2.40. The third-order valence-corrected chi connectivity index (χ3v) is 4.76. The van der Waals surface area contributed by atoms with Gasteiger partial charge in [0.05, 0.1) is 23.4 Å². The summed E-state index contributed by atoms with van der Waals surface area (Å²) in [6.07, 6.45) is 0.946. The van der Waals surface area contributed by atoms with Crippen LogP contribution in [0.15, 0.2) is 21.9 Å². The molecule has 7 heteroatoms. The lowest BCUT2D eigenvalue weighted by atomic mass is 9.81. The third kappa shape index (κ3) is 3.61. The molecule has 0 aromatic carbocycles. The molecule has 1 fully saturated rings. The van der Waals surface area contributed by atoms with E-state index >= 15 is 0 Å². The zero-order chi connectivity index (χ0) is 16.4. The van der Waals surface area contributed by atoms with Crippen LogP contribution in [0.1, 0.15) is 54.6 Å². The highest BCUT2D eigenvalue weighted by atomic mass is 32.1. The van der Waals surface area contributed by atoms with Crippen LogP contribution in [0.3, 0.4) is 0 Å². The molecule has 2 aromatic heterocycles. The maximum absolute atomic E-state index is 11.9. The summed E-state index contributed by atoms with van der Waals surface area (Å²) >= 11 is 1.40. The third-order valence-electron chi connectivity index (χ3n) is 3.89. The summed E-state index contributed by atoms with van der Waals surface area (Å²) in [5.41, 5.74) is 0.0171. The van der Waals surface area contributed by atoms with Crippen LogP contribution in [0.25, 0.3) is 0 Å². The van der Waals surface area contributed by atoms with Crippen molar-refractivity contribution in [1.82, 2.24) is 15.5 Å². The number of hydrogen-bond acceptors (Lipinski definition) is 6. The van der Waals surface area contributed by atoms with Crippen molar-refractivity contribution in [3.63, 3.8) is 0 Å². The Morgan fingerprint density at radius 3 is 2.96 bits per heavy atom. The number of aromatic nitrogens is 2. The first-order valence-electron chi connectivity index (χ1n) is 7.71.